The van der Waals surface area contributed by atoms with E-state index >= 15 is 0 Å². The second kappa shape index (κ2) is 4.09. The van der Waals surface area contributed by atoms with Gasteiger partial charge in [0.2, 0.25) is 5.95 Å². The normalized spacial score (nSPS) is 10.2. The van der Waals surface area contributed by atoms with Gasteiger partial charge >= 0.3 is 0 Å². The maximum absolute atomic E-state index is 5.60. The Morgan fingerprint density at radius 2 is 1.93 bits per heavy atom. The second-order valence-electron chi connectivity index (χ2n) is 3.32. The first-order valence-electron chi connectivity index (χ1n) is 4.98. The summed E-state index contributed by atoms with van der Waals surface area (Å²) in [4.78, 5) is 8.28. The van der Waals surface area contributed by atoms with Crippen molar-refractivity contribution in [3.05, 3.63) is 42.1 Å². The van der Waals surface area contributed by atoms with Crippen LogP contribution in [0.15, 0.2) is 36.5 Å². The highest BCUT2D eigenvalue weighted by atomic mass is 15.0. The number of hydrogen-bond donors (Lipinski definition) is 1. The standard InChI is InChI=1S/C12H13N3/c1-2-9-8-14-12(13)15-11(9)10-6-4-3-5-7-10/h3-8H,2H2,1H3,(H2,13,14,15). The summed E-state index contributed by atoms with van der Waals surface area (Å²) < 4.78 is 0. The predicted octanol–water partition coefficient (Wildman–Crippen LogP) is 2.29. The van der Waals surface area contributed by atoms with Gasteiger partial charge in [-0.1, -0.05) is 37.3 Å². The summed E-state index contributed by atoms with van der Waals surface area (Å²) in [5.41, 5.74) is 8.74. The highest BCUT2D eigenvalue weighted by Crippen LogP contribution is 2.21. The maximum atomic E-state index is 5.60. The Morgan fingerprint density at radius 3 is 2.60 bits per heavy atom. The van der Waals surface area contributed by atoms with Crippen molar-refractivity contribution in [1.82, 2.24) is 9.97 Å². The fraction of sp³-hybridized carbons (Fsp3) is 0.167. The Bertz CT molecular complexity index is 452. The zero-order valence-electron chi connectivity index (χ0n) is 8.64. The van der Waals surface area contributed by atoms with E-state index in [9.17, 15) is 0 Å². The van der Waals surface area contributed by atoms with Crippen LogP contribution in [0.1, 0.15) is 12.5 Å². The fourth-order valence-corrected chi connectivity index (χ4v) is 1.53. The first kappa shape index (κ1) is 9.65. The van der Waals surface area contributed by atoms with E-state index in [4.69, 9.17) is 5.73 Å². The van der Waals surface area contributed by atoms with Gasteiger partial charge in [-0.25, -0.2) is 9.97 Å². The predicted molar refractivity (Wildman–Crippen MR) is 61.3 cm³/mol. The van der Waals surface area contributed by atoms with Crippen LogP contribution in [0.3, 0.4) is 0 Å². The number of anilines is 1. The molecule has 0 saturated carbocycles. The van der Waals surface area contributed by atoms with Crippen LogP contribution in [0.5, 0.6) is 0 Å². The molecule has 76 valence electrons. The molecule has 0 aliphatic rings. The van der Waals surface area contributed by atoms with Gasteiger partial charge in [0.05, 0.1) is 5.69 Å². The molecule has 1 heterocycles. The number of hydrogen-bond acceptors (Lipinski definition) is 3. The van der Waals surface area contributed by atoms with E-state index in [1.54, 1.807) is 6.20 Å². The molecule has 3 heteroatoms. The van der Waals surface area contributed by atoms with E-state index in [2.05, 4.69) is 16.9 Å². The molecule has 0 unspecified atom stereocenters. The summed E-state index contributed by atoms with van der Waals surface area (Å²) in [7, 11) is 0. The molecule has 1 aromatic heterocycles. The summed E-state index contributed by atoms with van der Waals surface area (Å²) in [6, 6.07) is 10.0. The number of rotatable bonds is 2. The van der Waals surface area contributed by atoms with Crippen LogP contribution in [0, 0.1) is 0 Å². The molecule has 3 nitrogen and oxygen atoms in total. The van der Waals surface area contributed by atoms with Gasteiger partial charge in [0, 0.05) is 11.8 Å². The van der Waals surface area contributed by atoms with Crippen molar-refractivity contribution in [3.63, 3.8) is 0 Å². The minimum absolute atomic E-state index is 0.325. The number of aryl methyl sites for hydroxylation is 1. The lowest BCUT2D eigenvalue weighted by Gasteiger charge is -2.06. The Morgan fingerprint density at radius 1 is 1.20 bits per heavy atom. The van der Waals surface area contributed by atoms with Crippen molar-refractivity contribution in [3.8, 4) is 11.3 Å². The van der Waals surface area contributed by atoms with Gasteiger partial charge in [-0.3, -0.25) is 0 Å². The molecular formula is C12H13N3. The monoisotopic (exact) mass is 199 g/mol. The minimum atomic E-state index is 0.325. The van der Waals surface area contributed by atoms with Crippen LogP contribution in [0.2, 0.25) is 0 Å². The summed E-state index contributed by atoms with van der Waals surface area (Å²) in [5, 5.41) is 0. The van der Waals surface area contributed by atoms with E-state index < -0.39 is 0 Å². The molecule has 0 aliphatic carbocycles. The maximum Gasteiger partial charge on any atom is 0.220 e. The van der Waals surface area contributed by atoms with Crippen LogP contribution in [-0.4, -0.2) is 9.97 Å². The zero-order valence-corrected chi connectivity index (χ0v) is 8.64. The molecule has 0 bridgehead atoms. The van der Waals surface area contributed by atoms with E-state index in [-0.39, 0.29) is 0 Å². The largest absolute Gasteiger partial charge is 0.368 e. The highest BCUT2D eigenvalue weighted by Gasteiger charge is 2.05. The SMILES string of the molecule is CCc1cnc(N)nc1-c1ccccc1. The first-order valence-corrected chi connectivity index (χ1v) is 4.98. The van der Waals surface area contributed by atoms with Gasteiger partial charge in [-0.15, -0.1) is 0 Å². The third-order valence-corrected chi connectivity index (χ3v) is 2.31. The number of benzene rings is 1. The van der Waals surface area contributed by atoms with Crippen LogP contribution < -0.4 is 5.73 Å². The number of nitrogens with zero attached hydrogens (tertiary/aromatic N) is 2. The van der Waals surface area contributed by atoms with Crippen molar-refractivity contribution < 1.29 is 0 Å². The lowest BCUT2D eigenvalue weighted by atomic mass is 10.1. The quantitative estimate of drug-likeness (QED) is 0.807. The second-order valence-corrected chi connectivity index (χ2v) is 3.32. The van der Waals surface area contributed by atoms with Crippen LogP contribution >= 0.6 is 0 Å². The summed E-state index contributed by atoms with van der Waals surface area (Å²) in [5.74, 6) is 0.325. The molecule has 0 amide bonds. The molecular weight excluding hydrogens is 186 g/mol. The average molecular weight is 199 g/mol. The van der Waals surface area contributed by atoms with Crippen LogP contribution in [0.4, 0.5) is 5.95 Å². The smallest absolute Gasteiger partial charge is 0.220 e. The molecule has 2 N–H and O–H groups in total. The van der Waals surface area contributed by atoms with Crippen molar-refractivity contribution >= 4 is 5.95 Å². The summed E-state index contributed by atoms with van der Waals surface area (Å²) in [6.07, 6.45) is 2.70. The molecule has 0 atom stereocenters. The molecule has 15 heavy (non-hydrogen) atoms. The van der Waals surface area contributed by atoms with Crippen LogP contribution in [0.25, 0.3) is 11.3 Å². The van der Waals surface area contributed by atoms with E-state index in [0.717, 1.165) is 23.2 Å². The number of aromatic nitrogens is 2. The van der Waals surface area contributed by atoms with Gasteiger partial charge in [-0.05, 0) is 12.0 Å². The Labute approximate surface area is 89.0 Å². The highest BCUT2D eigenvalue weighted by molar-refractivity contribution is 5.63. The van der Waals surface area contributed by atoms with Gasteiger partial charge in [0.15, 0.2) is 0 Å². The third kappa shape index (κ3) is 1.96. The van der Waals surface area contributed by atoms with Crippen molar-refractivity contribution in [1.29, 1.82) is 0 Å². The van der Waals surface area contributed by atoms with Gasteiger partial charge in [-0.2, -0.15) is 0 Å². The molecule has 0 spiro atoms. The Kier molecular flexibility index (Phi) is 2.63. The molecule has 0 aliphatic heterocycles. The van der Waals surface area contributed by atoms with Crippen molar-refractivity contribution in [2.75, 3.05) is 5.73 Å². The van der Waals surface area contributed by atoms with Crippen LogP contribution in [-0.2, 0) is 6.42 Å². The lowest BCUT2D eigenvalue weighted by Crippen LogP contribution is -1.99. The molecule has 2 aromatic rings. The molecule has 1 aromatic carbocycles. The average Bonchev–Trinajstić information content (AvgIpc) is 2.30. The summed E-state index contributed by atoms with van der Waals surface area (Å²) in [6.45, 7) is 2.08. The minimum Gasteiger partial charge on any atom is -0.368 e. The molecule has 0 saturated heterocycles. The molecule has 0 radical (unpaired) electrons. The number of nitrogens with two attached hydrogens (primary N) is 1. The van der Waals surface area contributed by atoms with E-state index in [0.29, 0.717) is 5.95 Å². The number of nitrogen functional groups attached to an aromatic ring is 1. The first-order chi connectivity index (χ1) is 7.31. The zero-order chi connectivity index (χ0) is 10.7. The Balaban J connectivity index is 2.56. The van der Waals surface area contributed by atoms with Gasteiger partial charge < -0.3 is 5.73 Å². The van der Waals surface area contributed by atoms with Crippen molar-refractivity contribution in [2.45, 2.75) is 13.3 Å². The Hall–Kier alpha value is -1.90. The third-order valence-electron chi connectivity index (χ3n) is 2.31. The lowest BCUT2D eigenvalue weighted by molar-refractivity contribution is 1.06. The van der Waals surface area contributed by atoms with Crippen molar-refractivity contribution in [2.24, 2.45) is 0 Å². The molecule has 2 rings (SSSR count). The van der Waals surface area contributed by atoms with E-state index in [1.165, 1.54) is 0 Å². The summed E-state index contributed by atoms with van der Waals surface area (Å²) >= 11 is 0. The fourth-order valence-electron chi connectivity index (χ4n) is 1.53. The van der Waals surface area contributed by atoms with Gasteiger partial charge in [0.1, 0.15) is 0 Å². The van der Waals surface area contributed by atoms with Gasteiger partial charge in [0.25, 0.3) is 0 Å². The van der Waals surface area contributed by atoms with E-state index in [1.807, 2.05) is 30.3 Å². The molecule has 0 fully saturated rings. The topological polar surface area (TPSA) is 51.8 Å².